The molecular weight excluding hydrogens is 416 g/mol. The van der Waals surface area contributed by atoms with Gasteiger partial charge in [-0.05, 0) is 37.1 Å². The number of rotatable bonds is 3. The number of nitrogens with one attached hydrogen (secondary N) is 1. The molecule has 0 aliphatic carbocycles. The van der Waals surface area contributed by atoms with Crippen molar-refractivity contribution in [3.63, 3.8) is 0 Å². The Morgan fingerprint density at radius 1 is 1.16 bits per heavy atom. The first-order valence-electron chi connectivity index (χ1n) is 9.90. The number of benzene rings is 2. The third-order valence-corrected chi connectivity index (χ3v) is 6.86. The van der Waals surface area contributed by atoms with Crippen LogP contribution in [0.4, 0.5) is 5.69 Å². The van der Waals surface area contributed by atoms with Gasteiger partial charge in [-0.3, -0.25) is 4.79 Å². The van der Waals surface area contributed by atoms with Crippen LogP contribution in [0, 0.1) is 0 Å². The number of anilines is 1. The Morgan fingerprint density at radius 2 is 2.00 bits per heavy atom. The summed E-state index contributed by atoms with van der Waals surface area (Å²) in [4.78, 5) is 15.1. The number of nitrogens with zero attached hydrogens (tertiary/aromatic N) is 5. The van der Waals surface area contributed by atoms with E-state index >= 15 is 0 Å². The third-order valence-electron chi connectivity index (χ3n) is 5.54. The molecular formula is C21H20N6O3S. The molecule has 1 amide bonds. The number of aromatic nitrogens is 3. The monoisotopic (exact) mass is 436 g/mol. The van der Waals surface area contributed by atoms with Crippen LogP contribution < -0.4 is 5.32 Å². The van der Waals surface area contributed by atoms with Gasteiger partial charge in [0.25, 0.3) is 10.0 Å². The van der Waals surface area contributed by atoms with Crippen molar-refractivity contribution in [2.24, 2.45) is 11.4 Å². The standard InChI is InChI=1S/C21H20N6O3S/c1-26-13-22-24-19(26)14-6-4-7-15(12-14)23-21(28)17-9-5-11-27(17)20-16-8-2-3-10-18(16)31(29,30)25-20/h2-4,6-8,10,12-13,17H,5,9,11H2,1H3,(H,23,28)/t17-/m0/s1. The lowest BCUT2D eigenvalue weighted by atomic mass is 10.1. The minimum atomic E-state index is -3.74. The van der Waals surface area contributed by atoms with Gasteiger partial charge in [0, 0.05) is 30.4 Å². The molecule has 2 aromatic carbocycles. The van der Waals surface area contributed by atoms with Crippen molar-refractivity contribution in [3.05, 3.63) is 60.4 Å². The predicted octanol–water partition coefficient (Wildman–Crippen LogP) is 2.03. The average Bonchev–Trinajstić information content (AvgIpc) is 3.46. The van der Waals surface area contributed by atoms with Crippen LogP contribution in [0.25, 0.3) is 11.4 Å². The number of hydrogen-bond acceptors (Lipinski definition) is 6. The summed E-state index contributed by atoms with van der Waals surface area (Å²) < 4.78 is 30.7. The van der Waals surface area contributed by atoms with Gasteiger partial charge in [0.1, 0.15) is 17.3 Å². The van der Waals surface area contributed by atoms with Gasteiger partial charge >= 0.3 is 0 Å². The highest BCUT2D eigenvalue weighted by atomic mass is 32.2. The van der Waals surface area contributed by atoms with E-state index in [1.54, 1.807) is 40.1 Å². The smallest absolute Gasteiger partial charge is 0.285 e. The lowest BCUT2D eigenvalue weighted by Crippen LogP contribution is -2.43. The maximum Gasteiger partial charge on any atom is 0.285 e. The molecule has 31 heavy (non-hydrogen) atoms. The normalized spacial score (nSPS) is 19.2. The molecule has 5 rings (SSSR count). The second-order valence-corrected chi connectivity index (χ2v) is 9.15. The summed E-state index contributed by atoms with van der Waals surface area (Å²) in [6, 6.07) is 13.6. The van der Waals surface area contributed by atoms with E-state index in [-0.39, 0.29) is 10.8 Å². The lowest BCUT2D eigenvalue weighted by Gasteiger charge is -2.25. The Labute approximate surface area is 179 Å². The highest BCUT2D eigenvalue weighted by Crippen LogP contribution is 2.31. The van der Waals surface area contributed by atoms with Gasteiger partial charge in [0.2, 0.25) is 5.91 Å². The van der Waals surface area contributed by atoms with Crippen molar-refractivity contribution in [1.82, 2.24) is 19.7 Å². The van der Waals surface area contributed by atoms with E-state index in [1.807, 2.05) is 31.3 Å². The summed E-state index contributed by atoms with van der Waals surface area (Å²) in [5.41, 5.74) is 2.02. The molecule has 0 bridgehead atoms. The molecule has 0 unspecified atom stereocenters. The van der Waals surface area contributed by atoms with Gasteiger partial charge in [0.15, 0.2) is 11.7 Å². The van der Waals surface area contributed by atoms with Crippen LogP contribution in [0.1, 0.15) is 18.4 Å². The first-order valence-corrected chi connectivity index (χ1v) is 11.3. The first kappa shape index (κ1) is 19.4. The Hall–Kier alpha value is -3.53. The molecule has 1 atom stereocenters. The topological polar surface area (TPSA) is 110 Å². The summed E-state index contributed by atoms with van der Waals surface area (Å²) in [7, 11) is -1.88. The summed E-state index contributed by atoms with van der Waals surface area (Å²) in [5, 5.41) is 11.0. The second kappa shape index (κ2) is 7.31. The van der Waals surface area contributed by atoms with Crippen LogP contribution >= 0.6 is 0 Å². The summed E-state index contributed by atoms with van der Waals surface area (Å²) in [5.74, 6) is 0.846. The van der Waals surface area contributed by atoms with Gasteiger partial charge < -0.3 is 14.8 Å². The Bertz CT molecular complexity index is 1310. The minimum absolute atomic E-state index is 0.187. The number of sulfonamides is 1. The molecule has 1 fully saturated rings. The average molecular weight is 436 g/mol. The highest BCUT2D eigenvalue weighted by molar-refractivity contribution is 7.90. The number of carbonyl (C=O) groups is 1. The van der Waals surface area contributed by atoms with Crippen LogP contribution in [0.3, 0.4) is 0 Å². The molecule has 2 aliphatic rings. The van der Waals surface area contributed by atoms with E-state index in [9.17, 15) is 13.2 Å². The van der Waals surface area contributed by atoms with E-state index in [1.165, 1.54) is 0 Å². The van der Waals surface area contributed by atoms with Crippen molar-refractivity contribution in [3.8, 4) is 11.4 Å². The van der Waals surface area contributed by atoms with Gasteiger partial charge in [0.05, 0.1) is 0 Å². The molecule has 1 aromatic heterocycles. The maximum absolute atomic E-state index is 13.1. The first-order chi connectivity index (χ1) is 14.9. The van der Waals surface area contributed by atoms with E-state index < -0.39 is 16.1 Å². The van der Waals surface area contributed by atoms with E-state index in [0.29, 0.717) is 35.9 Å². The van der Waals surface area contributed by atoms with E-state index in [4.69, 9.17) is 0 Å². The van der Waals surface area contributed by atoms with Crippen LogP contribution in [0.15, 0.2) is 64.2 Å². The Kier molecular flexibility index (Phi) is 4.58. The van der Waals surface area contributed by atoms with Crippen molar-refractivity contribution in [2.75, 3.05) is 11.9 Å². The molecule has 0 saturated carbocycles. The van der Waals surface area contributed by atoms with Crippen LogP contribution in [-0.2, 0) is 21.9 Å². The van der Waals surface area contributed by atoms with Crippen molar-refractivity contribution in [2.45, 2.75) is 23.8 Å². The highest BCUT2D eigenvalue weighted by Gasteiger charge is 2.39. The molecule has 10 heteroatoms. The fraction of sp³-hybridized carbons (Fsp3) is 0.238. The van der Waals surface area contributed by atoms with Crippen molar-refractivity contribution in [1.29, 1.82) is 0 Å². The van der Waals surface area contributed by atoms with Gasteiger partial charge in [-0.25, -0.2) is 0 Å². The molecule has 9 nitrogen and oxygen atoms in total. The van der Waals surface area contributed by atoms with Gasteiger partial charge in [-0.2, -0.15) is 8.42 Å². The zero-order valence-corrected chi connectivity index (χ0v) is 17.6. The summed E-state index contributed by atoms with van der Waals surface area (Å²) >= 11 is 0. The molecule has 2 aliphatic heterocycles. The lowest BCUT2D eigenvalue weighted by molar-refractivity contribution is -0.119. The zero-order chi connectivity index (χ0) is 21.6. The van der Waals surface area contributed by atoms with Crippen LogP contribution in [0.2, 0.25) is 0 Å². The van der Waals surface area contributed by atoms with Gasteiger partial charge in [-0.15, -0.1) is 14.6 Å². The fourth-order valence-corrected chi connectivity index (χ4v) is 5.31. The second-order valence-electron chi connectivity index (χ2n) is 7.57. The quantitative estimate of drug-likeness (QED) is 0.673. The Morgan fingerprint density at radius 3 is 2.81 bits per heavy atom. The fourth-order valence-electron chi connectivity index (χ4n) is 4.09. The summed E-state index contributed by atoms with van der Waals surface area (Å²) in [6.45, 7) is 0.569. The number of fused-ring (bicyclic) bond motifs is 1. The maximum atomic E-state index is 13.1. The van der Waals surface area contributed by atoms with Crippen LogP contribution in [0.5, 0.6) is 0 Å². The SMILES string of the molecule is Cn1cnnc1-c1cccc(NC(=O)[C@@H]2CCCN2C2=NS(=O)(=O)c3ccccc32)c1. The minimum Gasteiger partial charge on any atom is -0.343 e. The molecule has 0 spiro atoms. The van der Waals surface area contributed by atoms with E-state index in [2.05, 4.69) is 19.9 Å². The number of carbonyl (C=O) groups excluding carboxylic acids is 1. The zero-order valence-electron chi connectivity index (χ0n) is 16.8. The number of amidine groups is 1. The molecule has 0 radical (unpaired) electrons. The number of amides is 1. The molecule has 1 saturated heterocycles. The summed E-state index contributed by atoms with van der Waals surface area (Å²) in [6.07, 6.45) is 3.01. The predicted molar refractivity (Wildman–Crippen MR) is 115 cm³/mol. The number of hydrogen-bond donors (Lipinski definition) is 1. The molecule has 3 heterocycles. The number of likely N-dealkylation sites (tertiary alicyclic amines) is 1. The Balaban J connectivity index is 1.40. The molecule has 158 valence electrons. The molecule has 1 N–H and O–H groups in total. The van der Waals surface area contributed by atoms with Crippen LogP contribution in [-0.4, -0.2) is 52.4 Å². The van der Waals surface area contributed by atoms with E-state index in [0.717, 1.165) is 12.0 Å². The van der Waals surface area contributed by atoms with Gasteiger partial charge in [-0.1, -0.05) is 24.3 Å². The third kappa shape index (κ3) is 3.38. The van der Waals surface area contributed by atoms with Crippen molar-refractivity contribution >= 4 is 27.5 Å². The molecule has 3 aromatic rings. The van der Waals surface area contributed by atoms with Crippen molar-refractivity contribution < 1.29 is 13.2 Å². The number of aryl methyl sites for hydroxylation is 1. The largest absolute Gasteiger partial charge is 0.343 e.